The van der Waals surface area contributed by atoms with Gasteiger partial charge >= 0.3 is 17.9 Å². The molecule has 6 aliphatic rings. The number of fused-ring (bicyclic) bond motifs is 6. The van der Waals surface area contributed by atoms with Crippen molar-refractivity contribution in [2.75, 3.05) is 33.0 Å². The van der Waals surface area contributed by atoms with Crippen molar-refractivity contribution >= 4 is 17.9 Å². The third-order valence-corrected chi connectivity index (χ3v) is 10.2. The molecule has 0 amide bonds. The van der Waals surface area contributed by atoms with Crippen LogP contribution in [0.5, 0.6) is 0 Å². The van der Waals surface area contributed by atoms with Gasteiger partial charge in [0, 0.05) is 0 Å². The molecule has 6 fully saturated rings. The first-order valence-electron chi connectivity index (χ1n) is 15.3. The number of carboxylic acids is 1. The van der Waals surface area contributed by atoms with E-state index in [4.69, 9.17) is 33.5 Å². The van der Waals surface area contributed by atoms with Crippen LogP contribution in [0, 0.1) is 11.8 Å². The van der Waals surface area contributed by atoms with Gasteiger partial charge in [0.25, 0.3) is 0 Å². The van der Waals surface area contributed by atoms with Gasteiger partial charge in [-0.2, -0.15) is 0 Å². The third kappa shape index (κ3) is 6.87. The summed E-state index contributed by atoms with van der Waals surface area (Å²) in [5, 5.41) is 37.3. The van der Waals surface area contributed by atoms with E-state index in [-0.39, 0.29) is 69.7 Å². The van der Waals surface area contributed by atoms with E-state index in [1.165, 1.54) is 0 Å². The number of aliphatic carboxylic acids is 1. The van der Waals surface area contributed by atoms with Crippen LogP contribution in [0.3, 0.4) is 0 Å². The molecular weight excluding hydrogens is 568 g/mol. The average molecular weight is 617 g/mol. The predicted molar refractivity (Wildman–Crippen MR) is 148 cm³/mol. The van der Waals surface area contributed by atoms with E-state index < -0.39 is 59.1 Å². The maximum absolute atomic E-state index is 12.8. The molecule has 0 aromatic heterocycles. The Labute approximate surface area is 252 Å². The van der Waals surface area contributed by atoms with Gasteiger partial charge in [0.15, 0.2) is 0 Å². The van der Waals surface area contributed by atoms with E-state index in [2.05, 4.69) is 0 Å². The van der Waals surface area contributed by atoms with E-state index in [0.29, 0.717) is 32.1 Å². The number of esters is 2. The first-order valence-corrected chi connectivity index (χ1v) is 15.3. The van der Waals surface area contributed by atoms with Crippen LogP contribution in [0.15, 0.2) is 0 Å². The molecule has 13 heteroatoms. The molecule has 13 nitrogen and oxygen atoms in total. The molecule has 0 aromatic rings. The van der Waals surface area contributed by atoms with E-state index in [0.717, 1.165) is 0 Å². The molecule has 7 unspecified atom stereocenters. The van der Waals surface area contributed by atoms with Gasteiger partial charge in [-0.15, -0.1) is 0 Å². The molecule has 4 N–H and O–H groups in total. The molecule has 4 bridgehead atoms. The minimum atomic E-state index is -1.26. The minimum Gasteiger partial charge on any atom is -0.481 e. The molecular formula is C30H48O13. The van der Waals surface area contributed by atoms with Crippen LogP contribution in [0.25, 0.3) is 0 Å². The van der Waals surface area contributed by atoms with Crippen molar-refractivity contribution in [2.24, 2.45) is 11.8 Å². The molecule has 2 saturated carbocycles. The fourth-order valence-corrected chi connectivity index (χ4v) is 7.84. The van der Waals surface area contributed by atoms with Gasteiger partial charge in [0.05, 0.1) is 62.7 Å². The summed E-state index contributed by atoms with van der Waals surface area (Å²) in [6.07, 6.45) is -0.0271. The number of rotatable bonds is 15. The molecule has 7 atom stereocenters. The van der Waals surface area contributed by atoms with Crippen LogP contribution >= 0.6 is 0 Å². The Morgan fingerprint density at radius 1 is 0.721 bits per heavy atom. The van der Waals surface area contributed by atoms with Gasteiger partial charge < -0.3 is 48.8 Å². The van der Waals surface area contributed by atoms with E-state index in [1.54, 1.807) is 0 Å². The summed E-state index contributed by atoms with van der Waals surface area (Å²) >= 11 is 0. The maximum Gasteiger partial charge on any atom is 0.332 e. The lowest BCUT2D eigenvalue weighted by molar-refractivity contribution is -0.346. The highest BCUT2D eigenvalue weighted by molar-refractivity contribution is 5.76. The zero-order chi connectivity index (χ0) is 31.6. The standard InChI is InChI=1S/C30H48O13/c1-27(2)18-13-22(40-25(36)6-5-24(34)35)30(42-27,23(14-18)41-26(37)17-33)8-7-28(3)19-15-20(38-11-9-31)29(4,43-28)21(16-19)39-12-10-32/h18-23,31-33H,5-17H2,1-4H3,(H,34,35). The topological polar surface area (TPSA) is 188 Å². The van der Waals surface area contributed by atoms with Crippen LogP contribution < -0.4 is 0 Å². The number of carbonyl (C=O) groups is 3. The van der Waals surface area contributed by atoms with Crippen molar-refractivity contribution in [1.82, 2.24) is 0 Å². The Balaban J connectivity index is 1.62. The Hall–Kier alpha value is -1.87. The first-order chi connectivity index (χ1) is 20.2. The lowest BCUT2D eigenvalue weighted by Gasteiger charge is -2.63. The molecule has 4 aliphatic heterocycles. The smallest absolute Gasteiger partial charge is 0.332 e. The number of ether oxygens (including phenoxy) is 6. The molecule has 6 rings (SSSR count). The Morgan fingerprint density at radius 2 is 1.26 bits per heavy atom. The first kappa shape index (κ1) is 34.0. The molecule has 4 saturated heterocycles. The molecule has 246 valence electrons. The second kappa shape index (κ2) is 13.2. The summed E-state index contributed by atoms with van der Waals surface area (Å²) in [6, 6.07) is 0. The largest absolute Gasteiger partial charge is 0.481 e. The normalized spacial score (nSPS) is 39.4. The lowest BCUT2D eigenvalue weighted by atomic mass is 9.60. The number of carboxylic acid groups (broad SMARTS) is 1. The van der Waals surface area contributed by atoms with Gasteiger partial charge in [0.2, 0.25) is 0 Å². The van der Waals surface area contributed by atoms with Gasteiger partial charge in [-0.1, -0.05) is 0 Å². The van der Waals surface area contributed by atoms with Gasteiger partial charge in [-0.3, -0.25) is 9.59 Å². The van der Waals surface area contributed by atoms with Crippen molar-refractivity contribution < 1.29 is 63.2 Å². The fourth-order valence-electron chi connectivity index (χ4n) is 7.84. The molecule has 0 spiro atoms. The number of aliphatic hydroxyl groups excluding tert-OH is 3. The Bertz CT molecular complexity index is 998. The van der Waals surface area contributed by atoms with Crippen molar-refractivity contribution in [1.29, 1.82) is 0 Å². The molecule has 0 radical (unpaired) electrons. The summed E-state index contributed by atoms with van der Waals surface area (Å²) < 4.78 is 37.2. The van der Waals surface area contributed by atoms with Gasteiger partial charge in [-0.05, 0) is 78.1 Å². The molecule has 2 aliphatic carbocycles. The monoisotopic (exact) mass is 616 g/mol. The van der Waals surface area contributed by atoms with Crippen LogP contribution in [0.4, 0.5) is 0 Å². The average Bonchev–Trinajstić information content (AvgIpc) is 2.94. The summed E-state index contributed by atoms with van der Waals surface area (Å²) in [5.74, 6) is -2.74. The van der Waals surface area contributed by atoms with Crippen molar-refractivity contribution in [3.63, 3.8) is 0 Å². The van der Waals surface area contributed by atoms with Crippen LogP contribution in [-0.2, 0) is 42.8 Å². The summed E-state index contributed by atoms with van der Waals surface area (Å²) in [4.78, 5) is 36.2. The number of aliphatic hydroxyl groups is 3. The second-order valence-corrected chi connectivity index (χ2v) is 13.3. The Kier molecular flexibility index (Phi) is 10.5. The highest BCUT2D eigenvalue weighted by atomic mass is 16.6. The highest BCUT2D eigenvalue weighted by Crippen LogP contribution is 2.58. The highest BCUT2D eigenvalue weighted by Gasteiger charge is 2.66. The van der Waals surface area contributed by atoms with E-state index in [9.17, 15) is 29.7 Å². The number of carbonyl (C=O) groups excluding carboxylic acids is 2. The molecule has 43 heavy (non-hydrogen) atoms. The van der Waals surface area contributed by atoms with Gasteiger partial charge in [-0.25, -0.2) is 4.79 Å². The number of hydrogen-bond acceptors (Lipinski definition) is 12. The second-order valence-electron chi connectivity index (χ2n) is 13.3. The predicted octanol–water partition coefficient (Wildman–Crippen LogP) is 1.12. The third-order valence-electron chi connectivity index (χ3n) is 10.2. The van der Waals surface area contributed by atoms with Crippen LogP contribution in [0.1, 0.15) is 79.1 Å². The minimum absolute atomic E-state index is 0.0268. The quantitative estimate of drug-likeness (QED) is 0.192. The van der Waals surface area contributed by atoms with E-state index in [1.807, 2.05) is 27.7 Å². The number of hydrogen-bond donors (Lipinski definition) is 4. The van der Waals surface area contributed by atoms with Crippen molar-refractivity contribution in [3.05, 3.63) is 0 Å². The van der Waals surface area contributed by atoms with Crippen molar-refractivity contribution in [2.45, 2.75) is 126 Å². The summed E-state index contributed by atoms with van der Waals surface area (Å²) in [7, 11) is 0. The maximum atomic E-state index is 12.8. The van der Waals surface area contributed by atoms with Crippen molar-refractivity contribution in [3.8, 4) is 0 Å². The SMILES string of the molecule is CC1(C)OC2(CCC3(C)OC4(C)C(OCCO)CC3CC4OCCO)C(OC(=O)CO)CC1CC2OC(=O)CCC(=O)O. The summed E-state index contributed by atoms with van der Waals surface area (Å²) in [5.41, 5.74) is -3.46. The van der Waals surface area contributed by atoms with Crippen LogP contribution in [0.2, 0.25) is 0 Å². The zero-order valence-electron chi connectivity index (χ0n) is 25.6. The molecule has 4 heterocycles. The fraction of sp³-hybridized carbons (Fsp3) is 0.900. The summed E-state index contributed by atoms with van der Waals surface area (Å²) in [6.45, 7) is 7.07. The zero-order valence-corrected chi connectivity index (χ0v) is 25.6. The van der Waals surface area contributed by atoms with Crippen LogP contribution in [-0.4, -0.2) is 118 Å². The molecule has 0 aromatic carbocycles. The van der Waals surface area contributed by atoms with E-state index >= 15 is 0 Å². The lowest BCUT2D eigenvalue weighted by Crippen LogP contribution is -2.72. The van der Waals surface area contributed by atoms with Gasteiger partial charge in [0.1, 0.15) is 30.0 Å². The Morgan fingerprint density at radius 3 is 1.77 bits per heavy atom.